The minimum atomic E-state index is -3.65. The predicted octanol–water partition coefficient (Wildman–Crippen LogP) is 2.25. The summed E-state index contributed by atoms with van der Waals surface area (Å²) in [7, 11) is -0.647. The fraction of sp³-hybridized carbons (Fsp3) is 0.389. The van der Waals surface area contributed by atoms with Gasteiger partial charge in [-0.1, -0.05) is 0 Å². The Morgan fingerprint density at radius 2 is 1.92 bits per heavy atom. The summed E-state index contributed by atoms with van der Waals surface area (Å²) in [5, 5.41) is 0. The summed E-state index contributed by atoms with van der Waals surface area (Å²) in [6, 6.07) is 6.78. The largest absolute Gasteiger partial charge is 0.493 e. The van der Waals surface area contributed by atoms with E-state index in [2.05, 4.69) is 4.98 Å². The lowest BCUT2D eigenvalue weighted by Crippen LogP contribution is -2.31. The third-order valence-corrected chi connectivity index (χ3v) is 6.35. The zero-order valence-corrected chi connectivity index (χ0v) is 15.8. The van der Waals surface area contributed by atoms with Crippen LogP contribution in [0.15, 0.2) is 41.6 Å². The van der Waals surface area contributed by atoms with Crippen LogP contribution >= 0.6 is 0 Å². The molecule has 1 atom stereocenters. The van der Waals surface area contributed by atoms with Gasteiger partial charge in [-0.3, -0.25) is 4.98 Å². The lowest BCUT2D eigenvalue weighted by Gasteiger charge is -2.19. The number of rotatable bonds is 6. The number of pyridine rings is 1. The van der Waals surface area contributed by atoms with E-state index in [9.17, 15) is 8.42 Å². The average Bonchev–Trinajstić information content (AvgIpc) is 3.11. The van der Waals surface area contributed by atoms with E-state index in [1.165, 1.54) is 24.6 Å². The van der Waals surface area contributed by atoms with Crippen molar-refractivity contribution in [1.82, 2.24) is 9.29 Å². The van der Waals surface area contributed by atoms with Gasteiger partial charge in [0.05, 0.1) is 31.9 Å². The first-order valence-corrected chi connectivity index (χ1v) is 9.69. The SMILES string of the molecule is COc1cc(C)c(S(=O)(=O)N2CC[C@H](Oc3cccnc3)C2)cc1OC. The minimum Gasteiger partial charge on any atom is -0.493 e. The van der Waals surface area contributed by atoms with Gasteiger partial charge in [0, 0.05) is 18.8 Å². The van der Waals surface area contributed by atoms with E-state index in [-0.39, 0.29) is 11.0 Å². The van der Waals surface area contributed by atoms with Gasteiger partial charge in [-0.25, -0.2) is 8.42 Å². The summed E-state index contributed by atoms with van der Waals surface area (Å²) in [5.74, 6) is 1.53. The van der Waals surface area contributed by atoms with Crippen LogP contribution in [-0.2, 0) is 10.0 Å². The molecule has 0 aliphatic carbocycles. The van der Waals surface area contributed by atoms with Crippen LogP contribution in [0.3, 0.4) is 0 Å². The molecule has 0 unspecified atom stereocenters. The second-order valence-electron chi connectivity index (χ2n) is 6.05. The van der Waals surface area contributed by atoms with E-state index >= 15 is 0 Å². The van der Waals surface area contributed by atoms with Crippen molar-refractivity contribution in [2.24, 2.45) is 0 Å². The second-order valence-corrected chi connectivity index (χ2v) is 7.96. The van der Waals surface area contributed by atoms with Crippen LogP contribution in [0.1, 0.15) is 12.0 Å². The van der Waals surface area contributed by atoms with Crippen LogP contribution in [0.2, 0.25) is 0 Å². The first-order chi connectivity index (χ1) is 12.5. The molecule has 0 N–H and O–H groups in total. The maximum absolute atomic E-state index is 13.1. The van der Waals surface area contributed by atoms with Gasteiger partial charge in [-0.2, -0.15) is 4.31 Å². The number of hydrogen-bond donors (Lipinski definition) is 0. The molecule has 0 amide bonds. The Balaban J connectivity index is 1.81. The summed E-state index contributed by atoms with van der Waals surface area (Å²) in [6.45, 7) is 2.45. The van der Waals surface area contributed by atoms with E-state index in [0.29, 0.717) is 42.3 Å². The molecule has 0 spiro atoms. The Kier molecular flexibility index (Phi) is 5.33. The van der Waals surface area contributed by atoms with E-state index in [4.69, 9.17) is 14.2 Å². The Bertz CT molecular complexity index is 871. The number of methoxy groups -OCH3 is 2. The standard InChI is InChI=1S/C18H22N2O5S/c1-13-9-16(23-2)17(24-3)10-18(13)26(21,22)20-8-6-15(12-20)25-14-5-4-7-19-11-14/h4-5,7,9-11,15H,6,8,12H2,1-3H3/t15-/m0/s1. The van der Waals surface area contributed by atoms with Gasteiger partial charge in [0.2, 0.25) is 10.0 Å². The number of aromatic nitrogens is 1. The second kappa shape index (κ2) is 7.51. The molecule has 26 heavy (non-hydrogen) atoms. The average molecular weight is 378 g/mol. The Morgan fingerprint density at radius 3 is 2.58 bits per heavy atom. The number of aryl methyl sites for hydroxylation is 1. The summed E-state index contributed by atoms with van der Waals surface area (Å²) < 4.78 is 43.9. The highest BCUT2D eigenvalue weighted by molar-refractivity contribution is 7.89. The number of sulfonamides is 1. The molecule has 0 bridgehead atoms. The zero-order chi connectivity index (χ0) is 18.7. The van der Waals surface area contributed by atoms with Crippen molar-refractivity contribution < 1.29 is 22.6 Å². The van der Waals surface area contributed by atoms with Crippen LogP contribution in [0.25, 0.3) is 0 Å². The Labute approximate surface area is 153 Å². The summed E-state index contributed by atoms with van der Waals surface area (Å²) in [4.78, 5) is 4.23. The predicted molar refractivity (Wildman–Crippen MR) is 96.3 cm³/mol. The van der Waals surface area contributed by atoms with Crippen LogP contribution in [-0.4, -0.2) is 51.1 Å². The van der Waals surface area contributed by atoms with Gasteiger partial charge in [0.1, 0.15) is 11.9 Å². The lowest BCUT2D eigenvalue weighted by molar-refractivity contribution is 0.214. The maximum Gasteiger partial charge on any atom is 0.243 e. The summed E-state index contributed by atoms with van der Waals surface area (Å²) >= 11 is 0. The molecule has 1 fully saturated rings. The molecule has 2 heterocycles. The number of ether oxygens (including phenoxy) is 3. The molecule has 140 valence electrons. The van der Waals surface area contributed by atoms with Crippen LogP contribution in [0.5, 0.6) is 17.2 Å². The summed E-state index contributed by atoms with van der Waals surface area (Å²) in [5.41, 5.74) is 0.610. The van der Waals surface area contributed by atoms with Crippen LogP contribution in [0, 0.1) is 6.92 Å². The topological polar surface area (TPSA) is 78.0 Å². The minimum absolute atomic E-state index is 0.200. The normalized spacial score (nSPS) is 17.9. The van der Waals surface area contributed by atoms with Crippen LogP contribution in [0.4, 0.5) is 0 Å². The van der Waals surface area contributed by atoms with E-state index in [1.807, 2.05) is 6.07 Å². The molecule has 7 nitrogen and oxygen atoms in total. The first-order valence-electron chi connectivity index (χ1n) is 8.25. The molecule has 8 heteroatoms. The van der Waals surface area contributed by atoms with E-state index < -0.39 is 10.0 Å². The van der Waals surface area contributed by atoms with Crippen molar-refractivity contribution in [3.05, 3.63) is 42.2 Å². The monoisotopic (exact) mass is 378 g/mol. The highest BCUT2D eigenvalue weighted by atomic mass is 32.2. The van der Waals surface area contributed by atoms with E-state index in [0.717, 1.165) is 0 Å². The fourth-order valence-electron chi connectivity index (χ4n) is 3.00. The van der Waals surface area contributed by atoms with Gasteiger partial charge >= 0.3 is 0 Å². The molecule has 0 radical (unpaired) electrons. The smallest absolute Gasteiger partial charge is 0.243 e. The quantitative estimate of drug-likeness (QED) is 0.767. The summed E-state index contributed by atoms with van der Waals surface area (Å²) in [6.07, 6.45) is 3.71. The Hall–Kier alpha value is -2.32. The number of benzene rings is 1. The lowest BCUT2D eigenvalue weighted by atomic mass is 10.2. The van der Waals surface area contributed by atoms with Gasteiger partial charge in [0.25, 0.3) is 0 Å². The molecular weight excluding hydrogens is 356 g/mol. The van der Waals surface area contributed by atoms with E-state index in [1.54, 1.807) is 31.5 Å². The molecule has 1 aromatic carbocycles. The van der Waals surface area contributed by atoms with Gasteiger partial charge < -0.3 is 14.2 Å². The maximum atomic E-state index is 13.1. The first kappa shape index (κ1) is 18.5. The molecule has 2 aromatic rings. The number of hydrogen-bond acceptors (Lipinski definition) is 6. The van der Waals surface area contributed by atoms with Crippen molar-refractivity contribution >= 4 is 10.0 Å². The van der Waals surface area contributed by atoms with Crippen molar-refractivity contribution in [2.45, 2.75) is 24.3 Å². The molecule has 1 aliphatic rings. The third-order valence-electron chi connectivity index (χ3n) is 4.34. The fourth-order valence-corrected chi connectivity index (χ4v) is 4.71. The van der Waals surface area contributed by atoms with Gasteiger partial charge in [-0.15, -0.1) is 0 Å². The zero-order valence-electron chi connectivity index (χ0n) is 15.0. The Morgan fingerprint density at radius 1 is 1.19 bits per heavy atom. The third kappa shape index (κ3) is 3.61. The molecule has 0 saturated carbocycles. The highest BCUT2D eigenvalue weighted by Gasteiger charge is 2.35. The highest BCUT2D eigenvalue weighted by Crippen LogP contribution is 2.34. The van der Waals surface area contributed by atoms with Crippen molar-refractivity contribution in [3.8, 4) is 17.2 Å². The van der Waals surface area contributed by atoms with Crippen molar-refractivity contribution in [1.29, 1.82) is 0 Å². The molecular formula is C18H22N2O5S. The molecule has 1 saturated heterocycles. The van der Waals surface area contributed by atoms with Gasteiger partial charge in [0.15, 0.2) is 11.5 Å². The van der Waals surface area contributed by atoms with Crippen LogP contribution < -0.4 is 14.2 Å². The van der Waals surface area contributed by atoms with Gasteiger partial charge in [-0.05, 0) is 37.1 Å². The number of nitrogens with zero attached hydrogens (tertiary/aromatic N) is 2. The van der Waals surface area contributed by atoms with Crippen molar-refractivity contribution in [2.75, 3.05) is 27.3 Å². The molecule has 1 aromatic heterocycles. The molecule has 1 aliphatic heterocycles. The van der Waals surface area contributed by atoms with Crippen molar-refractivity contribution in [3.63, 3.8) is 0 Å². The molecule has 3 rings (SSSR count).